The van der Waals surface area contributed by atoms with Crippen molar-refractivity contribution in [1.29, 1.82) is 0 Å². The Labute approximate surface area is 152 Å². The third-order valence-corrected chi connectivity index (χ3v) is 5.56. The molecule has 1 aromatic carbocycles. The second kappa shape index (κ2) is 7.04. The Bertz CT molecular complexity index is 826. The van der Waals surface area contributed by atoms with Crippen molar-refractivity contribution >= 4 is 42.6 Å². The molecule has 1 fully saturated rings. The van der Waals surface area contributed by atoms with Gasteiger partial charge in [-0.05, 0) is 30.3 Å². The second-order valence-electron chi connectivity index (χ2n) is 5.66. The lowest BCUT2D eigenvalue weighted by Gasteiger charge is -2.35. The number of piperazine rings is 1. The molecule has 5 nitrogen and oxygen atoms in total. The molecule has 0 radical (unpaired) electrons. The van der Waals surface area contributed by atoms with E-state index in [4.69, 9.17) is 9.72 Å². The van der Waals surface area contributed by atoms with E-state index in [0.717, 1.165) is 40.5 Å². The van der Waals surface area contributed by atoms with E-state index in [2.05, 4.69) is 43.3 Å². The topological polar surface area (TPSA) is 50.3 Å². The van der Waals surface area contributed by atoms with Crippen LogP contribution in [0.2, 0.25) is 0 Å². The predicted octanol–water partition coefficient (Wildman–Crippen LogP) is 3.31. The number of pyridine rings is 1. The van der Waals surface area contributed by atoms with Gasteiger partial charge in [-0.1, -0.05) is 27.3 Å². The van der Waals surface area contributed by atoms with Crippen molar-refractivity contribution in [2.45, 2.75) is 6.04 Å². The number of fused-ring (bicyclic) bond motifs is 1. The highest BCUT2D eigenvalue weighted by atomic mass is 79.9. The molecule has 1 aliphatic rings. The van der Waals surface area contributed by atoms with E-state index in [-0.39, 0.29) is 6.04 Å². The smallest absolute Gasteiger partial charge is 0.186 e. The van der Waals surface area contributed by atoms with Crippen molar-refractivity contribution in [2.75, 3.05) is 31.1 Å². The molecule has 24 heavy (non-hydrogen) atoms. The third-order valence-electron chi connectivity index (χ3n) is 4.01. The van der Waals surface area contributed by atoms with Crippen molar-refractivity contribution < 1.29 is 4.74 Å². The number of hydrogen-bond acceptors (Lipinski definition) is 6. The fourth-order valence-corrected chi connectivity index (χ4v) is 4.41. The summed E-state index contributed by atoms with van der Waals surface area (Å²) in [4.78, 5) is 11.3. The van der Waals surface area contributed by atoms with Crippen LogP contribution in [-0.2, 0) is 0 Å². The minimum Gasteiger partial charge on any atom is -0.490 e. The van der Waals surface area contributed by atoms with Gasteiger partial charge in [-0.25, -0.2) is 4.98 Å². The van der Waals surface area contributed by atoms with Crippen LogP contribution in [0.1, 0.15) is 0 Å². The van der Waals surface area contributed by atoms with Gasteiger partial charge in [0.1, 0.15) is 12.4 Å². The van der Waals surface area contributed by atoms with Crippen molar-refractivity contribution in [3.05, 3.63) is 47.2 Å². The number of nitrogens with zero attached hydrogens (tertiary/aromatic N) is 3. The van der Waals surface area contributed by atoms with Gasteiger partial charge in [-0.2, -0.15) is 0 Å². The maximum atomic E-state index is 5.92. The summed E-state index contributed by atoms with van der Waals surface area (Å²) in [6, 6.07) is 10.3. The molecule has 1 aliphatic heterocycles. The molecule has 124 valence electrons. The molecule has 1 saturated heterocycles. The van der Waals surface area contributed by atoms with Gasteiger partial charge in [0.2, 0.25) is 0 Å². The van der Waals surface area contributed by atoms with Crippen LogP contribution >= 0.6 is 27.3 Å². The van der Waals surface area contributed by atoms with E-state index in [0.29, 0.717) is 6.61 Å². The Balaban J connectivity index is 1.54. The fourth-order valence-electron chi connectivity index (χ4n) is 2.80. The first kappa shape index (κ1) is 15.8. The highest BCUT2D eigenvalue weighted by Crippen LogP contribution is 2.32. The number of nitrogens with one attached hydrogen (secondary N) is 1. The van der Waals surface area contributed by atoms with E-state index >= 15 is 0 Å². The SMILES string of the molecule is Brc1ccc2nc(N3CCNCC3COc3cccnc3)sc2c1. The number of hydrogen-bond donors (Lipinski definition) is 1. The number of aromatic nitrogens is 2. The molecule has 0 saturated carbocycles. The van der Waals surface area contributed by atoms with Crippen LogP contribution in [0.5, 0.6) is 5.75 Å². The Morgan fingerprint density at radius 1 is 1.38 bits per heavy atom. The Kier molecular flexibility index (Phi) is 4.64. The summed E-state index contributed by atoms with van der Waals surface area (Å²) in [6.45, 7) is 3.39. The second-order valence-corrected chi connectivity index (χ2v) is 7.58. The molecule has 1 unspecified atom stereocenters. The number of halogens is 1. The van der Waals surface area contributed by atoms with Gasteiger partial charge in [-0.3, -0.25) is 4.98 Å². The fraction of sp³-hybridized carbons (Fsp3) is 0.294. The average Bonchev–Trinajstić information content (AvgIpc) is 3.04. The first-order chi connectivity index (χ1) is 11.8. The molecule has 3 aromatic rings. The van der Waals surface area contributed by atoms with E-state index < -0.39 is 0 Å². The van der Waals surface area contributed by atoms with E-state index in [1.807, 2.05) is 18.2 Å². The van der Waals surface area contributed by atoms with Crippen LogP contribution in [0.3, 0.4) is 0 Å². The zero-order valence-corrected chi connectivity index (χ0v) is 15.4. The quantitative estimate of drug-likeness (QED) is 0.722. The Hall–Kier alpha value is -1.70. The molecule has 4 rings (SSSR count). The van der Waals surface area contributed by atoms with Crippen molar-refractivity contribution in [2.24, 2.45) is 0 Å². The summed E-state index contributed by atoms with van der Waals surface area (Å²) >= 11 is 5.26. The molecule has 2 aromatic heterocycles. The number of anilines is 1. The van der Waals surface area contributed by atoms with Gasteiger partial charge >= 0.3 is 0 Å². The Morgan fingerprint density at radius 2 is 2.33 bits per heavy atom. The largest absolute Gasteiger partial charge is 0.490 e. The number of thiazole rings is 1. The van der Waals surface area contributed by atoms with Gasteiger partial charge in [0.15, 0.2) is 5.13 Å². The molecule has 0 amide bonds. The standard InChI is InChI=1S/C17H17BrN4OS/c18-12-3-4-15-16(8-12)24-17(21-15)22-7-6-20-9-13(22)11-23-14-2-1-5-19-10-14/h1-5,8,10,13,20H,6-7,9,11H2. The zero-order valence-electron chi connectivity index (χ0n) is 13.0. The molecular weight excluding hydrogens is 388 g/mol. The normalized spacial score (nSPS) is 18.0. The minimum atomic E-state index is 0.253. The molecule has 0 aliphatic carbocycles. The number of ether oxygens (including phenoxy) is 1. The van der Waals surface area contributed by atoms with Crippen LogP contribution in [0.4, 0.5) is 5.13 Å². The van der Waals surface area contributed by atoms with E-state index in [1.165, 1.54) is 4.70 Å². The summed E-state index contributed by atoms with van der Waals surface area (Å²) in [6.07, 6.45) is 3.50. The number of rotatable bonds is 4. The Morgan fingerprint density at radius 3 is 3.21 bits per heavy atom. The molecule has 0 spiro atoms. The third kappa shape index (κ3) is 3.38. The molecule has 7 heteroatoms. The van der Waals surface area contributed by atoms with Crippen molar-refractivity contribution in [3.63, 3.8) is 0 Å². The summed E-state index contributed by atoms with van der Waals surface area (Å²) in [7, 11) is 0. The average molecular weight is 405 g/mol. The lowest BCUT2D eigenvalue weighted by Crippen LogP contribution is -2.54. The van der Waals surface area contributed by atoms with Gasteiger partial charge in [0, 0.05) is 30.3 Å². The molecular formula is C17H17BrN4OS. The van der Waals surface area contributed by atoms with Crippen molar-refractivity contribution in [1.82, 2.24) is 15.3 Å². The minimum absolute atomic E-state index is 0.253. The summed E-state index contributed by atoms with van der Waals surface area (Å²) in [5.41, 5.74) is 1.05. The number of benzene rings is 1. The van der Waals surface area contributed by atoms with E-state index in [1.54, 1.807) is 23.7 Å². The molecule has 1 atom stereocenters. The van der Waals surface area contributed by atoms with Gasteiger partial charge in [-0.15, -0.1) is 0 Å². The highest BCUT2D eigenvalue weighted by Gasteiger charge is 2.25. The van der Waals surface area contributed by atoms with Crippen LogP contribution in [0.15, 0.2) is 47.2 Å². The van der Waals surface area contributed by atoms with Gasteiger partial charge in [0.25, 0.3) is 0 Å². The van der Waals surface area contributed by atoms with E-state index in [9.17, 15) is 0 Å². The van der Waals surface area contributed by atoms with Gasteiger partial charge in [0.05, 0.1) is 22.5 Å². The molecule has 3 heterocycles. The van der Waals surface area contributed by atoms with Crippen molar-refractivity contribution in [3.8, 4) is 5.75 Å². The highest BCUT2D eigenvalue weighted by molar-refractivity contribution is 9.10. The van der Waals surface area contributed by atoms with Crippen LogP contribution in [-0.4, -0.2) is 42.3 Å². The zero-order chi connectivity index (χ0) is 16.4. The van der Waals surface area contributed by atoms with Gasteiger partial charge < -0.3 is 15.0 Å². The lowest BCUT2D eigenvalue weighted by atomic mass is 10.2. The molecule has 1 N–H and O–H groups in total. The lowest BCUT2D eigenvalue weighted by molar-refractivity contribution is 0.266. The predicted molar refractivity (Wildman–Crippen MR) is 101 cm³/mol. The monoisotopic (exact) mass is 404 g/mol. The molecule has 0 bridgehead atoms. The summed E-state index contributed by atoms with van der Waals surface area (Å²) < 4.78 is 8.20. The maximum absolute atomic E-state index is 5.92. The van der Waals surface area contributed by atoms with Crippen LogP contribution in [0, 0.1) is 0 Å². The van der Waals surface area contributed by atoms with Crippen LogP contribution in [0.25, 0.3) is 10.2 Å². The summed E-state index contributed by atoms with van der Waals surface area (Å²) in [5, 5.41) is 4.51. The van der Waals surface area contributed by atoms with Crippen LogP contribution < -0.4 is 15.0 Å². The maximum Gasteiger partial charge on any atom is 0.186 e. The first-order valence-corrected chi connectivity index (χ1v) is 9.47. The summed E-state index contributed by atoms with van der Waals surface area (Å²) in [5.74, 6) is 0.802. The first-order valence-electron chi connectivity index (χ1n) is 7.86.